The predicted molar refractivity (Wildman–Crippen MR) is 106 cm³/mol. The van der Waals surface area contributed by atoms with Crippen LogP contribution in [0.2, 0.25) is 0 Å². The Balaban J connectivity index is -0.000000447. The third-order valence-electron chi connectivity index (χ3n) is 2.76. The van der Waals surface area contributed by atoms with E-state index in [1.807, 2.05) is 0 Å². The van der Waals surface area contributed by atoms with Crippen molar-refractivity contribution in [3.8, 4) is 0 Å². The summed E-state index contributed by atoms with van der Waals surface area (Å²) in [4.78, 5) is 40.9. The summed E-state index contributed by atoms with van der Waals surface area (Å²) < 4.78 is 4.98. The smallest absolute Gasteiger partial charge is 0.693 e. The van der Waals surface area contributed by atoms with Gasteiger partial charge in [0.1, 0.15) is 5.58 Å². The normalized spacial score (nSPS) is 8.79. The SMILES string of the molecule is Cc1cc(=O)oc2cc(NC(=O)O)ccc12.O=C(O)CCC(=O)O.[Cl][Pt+2][Cl].[NH2-].[NH2-]. The number of anilines is 1. The van der Waals surface area contributed by atoms with Gasteiger partial charge in [0.05, 0.1) is 12.8 Å². The molecule has 1 aromatic heterocycles. The van der Waals surface area contributed by atoms with Crippen LogP contribution in [0.1, 0.15) is 18.4 Å². The first-order valence-electron chi connectivity index (χ1n) is 6.91. The Labute approximate surface area is 181 Å². The Morgan fingerprint density at radius 3 is 1.93 bits per heavy atom. The molecule has 0 bridgehead atoms. The molecule has 0 saturated heterocycles. The van der Waals surface area contributed by atoms with Crippen LogP contribution in [0.5, 0.6) is 0 Å². The summed E-state index contributed by atoms with van der Waals surface area (Å²) in [6.07, 6.45) is -1.75. The fraction of sp³-hybridized carbons (Fsp3) is 0.200. The molecule has 0 aliphatic heterocycles. The third-order valence-corrected chi connectivity index (χ3v) is 2.76. The molecule has 29 heavy (non-hydrogen) atoms. The van der Waals surface area contributed by atoms with Gasteiger partial charge in [-0.25, -0.2) is 9.59 Å². The number of hydrogen-bond acceptors (Lipinski definition) is 5. The van der Waals surface area contributed by atoms with Crippen molar-refractivity contribution < 1.29 is 50.6 Å². The third kappa shape index (κ3) is 14.5. The second-order valence-corrected chi connectivity index (χ2v) is 8.01. The molecule has 2 rings (SSSR count). The molecule has 1 aromatic carbocycles. The second-order valence-electron chi connectivity index (χ2n) is 4.72. The molecule has 0 fully saturated rings. The topological polar surface area (TPSA) is 221 Å². The second kappa shape index (κ2) is 16.8. The molecule has 0 saturated carbocycles. The van der Waals surface area contributed by atoms with Gasteiger partial charge in [-0.3, -0.25) is 14.9 Å². The number of fused-ring (bicyclic) bond motifs is 1. The fourth-order valence-corrected chi connectivity index (χ4v) is 1.74. The molecule has 0 spiro atoms. The average molecular weight is 635 g/mol. The van der Waals surface area contributed by atoms with Crippen molar-refractivity contribution in [2.45, 2.75) is 19.8 Å². The number of nitrogens with one attached hydrogen (secondary N) is 1. The van der Waals surface area contributed by atoms with Gasteiger partial charge in [0.2, 0.25) is 0 Å². The van der Waals surface area contributed by atoms with Crippen LogP contribution in [0.4, 0.5) is 10.5 Å². The van der Waals surface area contributed by atoms with Gasteiger partial charge in [0, 0.05) is 23.2 Å². The first-order valence-corrected chi connectivity index (χ1v) is 12.5. The van der Waals surface area contributed by atoms with E-state index in [1.54, 1.807) is 19.1 Å². The zero-order valence-electron chi connectivity index (χ0n) is 14.8. The number of aliphatic carboxylic acids is 2. The van der Waals surface area contributed by atoms with Gasteiger partial charge in [0.25, 0.3) is 0 Å². The largest absolute Gasteiger partial charge is 0.693 e. The van der Waals surface area contributed by atoms with Crippen molar-refractivity contribution in [2.24, 2.45) is 0 Å². The van der Waals surface area contributed by atoms with Crippen molar-refractivity contribution >= 4 is 53.5 Å². The van der Waals surface area contributed by atoms with Crippen molar-refractivity contribution in [3.63, 3.8) is 0 Å². The van der Waals surface area contributed by atoms with Crippen LogP contribution in [-0.2, 0) is 26.1 Å². The minimum atomic E-state index is -1.16. The van der Waals surface area contributed by atoms with Crippen molar-refractivity contribution in [1.29, 1.82) is 0 Å². The molecule has 0 atom stereocenters. The summed E-state index contributed by atoms with van der Waals surface area (Å²) in [5.74, 6) is -2.15. The van der Waals surface area contributed by atoms with E-state index in [2.05, 4.69) is 5.32 Å². The van der Waals surface area contributed by atoms with Crippen molar-refractivity contribution in [2.75, 3.05) is 5.32 Å². The monoisotopic (exact) mass is 634 g/mol. The van der Waals surface area contributed by atoms with Crippen LogP contribution in [0.15, 0.2) is 33.5 Å². The molecule has 1 heterocycles. The maximum absolute atomic E-state index is 11.1. The Bertz CT molecular complexity index is 849. The molecule has 8 N–H and O–H groups in total. The molecule has 1 amide bonds. The number of hydrogen-bond donors (Lipinski definition) is 4. The molecule has 0 unspecified atom stereocenters. The number of carboxylic acid groups (broad SMARTS) is 3. The quantitative estimate of drug-likeness (QED) is 0.336. The molecule has 0 aliphatic carbocycles. The average Bonchev–Trinajstić information content (AvgIpc) is 2.53. The zero-order valence-corrected chi connectivity index (χ0v) is 18.6. The van der Waals surface area contributed by atoms with Crippen LogP contribution in [0.25, 0.3) is 23.3 Å². The number of carboxylic acids is 2. The standard InChI is InChI=1S/C11H9NO4.C4H6O4.2ClH.2H2N.Pt/c1-6-4-10(13)16-9-5-7(12-11(14)15)2-3-8(6)9;5-3(6)1-2-4(7)8;;;;;/h2-5,12H,1H3,(H,14,15);1-2H2,(H,5,6)(H,7,8);2*1H;2*1H2;/q;;;;2*-1;+4/p-2. The number of amides is 1. The minimum Gasteiger partial charge on any atom is -0.693 e. The number of halogens is 2. The summed E-state index contributed by atoms with van der Waals surface area (Å²) in [7, 11) is 9.75. The van der Waals surface area contributed by atoms with Gasteiger partial charge in [-0.1, -0.05) is 0 Å². The van der Waals surface area contributed by atoms with Gasteiger partial charge < -0.3 is 32.0 Å². The first-order chi connectivity index (χ1) is 12.6. The van der Waals surface area contributed by atoms with E-state index < -0.39 is 40.1 Å². The number of rotatable bonds is 4. The molecule has 0 aliphatic rings. The maximum Gasteiger partial charge on any atom is -0.693 e. The van der Waals surface area contributed by atoms with E-state index in [0.717, 1.165) is 10.9 Å². The first kappa shape index (κ1) is 31.5. The van der Waals surface area contributed by atoms with E-state index in [4.69, 9.17) is 38.6 Å². The van der Waals surface area contributed by atoms with Gasteiger partial charge in [-0.05, 0) is 24.6 Å². The van der Waals surface area contributed by atoms with E-state index in [9.17, 15) is 19.2 Å². The summed E-state index contributed by atoms with van der Waals surface area (Å²) in [5, 5.41) is 27.3. The van der Waals surface area contributed by atoms with Crippen LogP contribution in [0.3, 0.4) is 0 Å². The van der Waals surface area contributed by atoms with Gasteiger partial charge in [0.15, 0.2) is 0 Å². The Morgan fingerprint density at radius 2 is 1.52 bits per heavy atom. The Morgan fingerprint density at radius 1 is 1.03 bits per heavy atom. The minimum absolute atomic E-state index is 0. The summed E-state index contributed by atoms with van der Waals surface area (Å²) in [6, 6.07) is 6.20. The fourth-order valence-electron chi connectivity index (χ4n) is 1.74. The van der Waals surface area contributed by atoms with E-state index in [1.165, 1.54) is 12.1 Å². The van der Waals surface area contributed by atoms with Gasteiger partial charge in [-0.2, -0.15) is 0 Å². The summed E-state index contributed by atoms with van der Waals surface area (Å²) in [5.41, 5.74) is 1.09. The predicted octanol–water partition coefficient (Wildman–Crippen LogP) is 4.94. The van der Waals surface area contributed by atoms with Gasteiger partial charge in [-0.15, -0.1) is 0 Å². The van der Waals surface area contributed by atoms with E-state index >= 15 is 0 Å². The van der Waals surface area contributed by atoms with Crippen LogP contribution in [-0.4, -0.2) is 33.4 Å². The number of nitrogens with two attached hydrogens (primary N) is 2. The van der Waals surface area contributed by atoms with E-state index in [0.29, 0.717) is 11.3 Å². The van der Waals surface area contributed by atoms with Crippen LogP contribution in [0, 0.1) is 6.92 Å². The molecular weight excluding hydrogens is 616 g/mol. The zero-order chi connectivity index (χ0) is 21.0. The van der Waals surface area contributed by atoms with Crippen LogP contribution >= 0.6 is 18.8 Å². The number of aryl methyl sites for hydroxylation is 1. The molecule has 14 heteroatoms. The Hall–Kier alpha value is -2.17. The molecule has 166 valence electrons. The van der Waals surface area contributed by atoms with E-state index in [-0.39, 0.29) is 25.1 Å². The molecule has 0 radical (unpaired) electrons. The van der Waals surface area contributed by atoms with Crippen molar-refractivity contribution in [3.05, 3.63) is 52.6 Å². The maximum atomic E-state index is 11.1. The molecule has 2 aromatic rings. The number of carbonyl (C=O) groups is 3. The molecule has 11 nitrogen and oxygen atoms in total. The van der Waals surface area contributed by atoms with Crippen LogP contribution < -0.4 is 10.9 Å². The molecular formula is C15H19Cl2N3O8Pt. The van der Waals surface area contributed by atoms with Crippen molar-refractivity contribution in [1.82, 2.24) is 0 Å². The Kier molecular flexibility index (Phi) is 18.2. The number of benzene rings is 1. The summed E-state index contributed by atoms with van der Waals surface area (Å²) in [6.45, 7) is 1.80. The van der Waals surface area contributed by atoms with Gasteiger partial charge >= 0.3 is 59.0 Å². The summed E-state index contributed by atoms with van der Waals surface area (Å²) >= 11 is -0.472.